The Balaban J connectivity index is 1.32. The van der Waals surface area contributed by atoms with Crippen LogP contribution in [0.2, 0.25) is 0 Å². The van der Waals surface area contributed by atoms with Crippen molar-refractivity contribution in [3.05, 3.63) is 132 Å². The van der Waals surface area contributed by atoms with Crippen molar-refractivity contribution >= 4 is 64.8 Å². The third kappa shape index (κ3) is 3.43. The molecular weight excluding hydrogens is 545 g/mol. The Hall–Kier alpha value is -4.37. The highest BCUT2D eigenvalue weighted by atomic mass is 32.2. The molecule has 9 rings (SSSR count). The lowest BCUT2D eigenvalue weighted by Crippen LogP contribution is -1.95. The van der Waals surface area contributed by atoms with Crippen LogP contribution in [0, 0.1) is 13.8 Å². The van der Waals surface area contributed by atoms with Crippen LogP contribution in [0.1, 0.15) is 11.1 Å². The first-order chi connectivity index (χ1) is 20.7. The molecule has 0 saturated heterocycles. The fourth-order valence-corrected chi connectivity index (χ4v) is 9.31. The predicted molar refractivity (Wildman–Crippen MR) is 184 cm³/mol. The maximum absolute atomic E-state index is 2.46. The molecule has 42 heavy (non-hydrogen) atoms. The summed E-state index contributed by atoms with van der Waals surface area (Å²) in [4.78, 5) is 2.69. The molecule has 0 nitrogen and oxygen atoms in total. The van der Waals surface area contributed by atoms with E-state index in [4.69, 9.17) is 0 Å². The van der Waals surface area contributed by atoms with Crippen LogP contribution in [0.4, 0.5) is 0 Å². The van der Waals surface area contributed by atoms with Gasteiger partial charge in [0.15, 0.2) is 0 Å². The van der Waals surface area contributed by atoms with Gasteiger partial charge in [0.25, 0.3) is 0 Å². The second-order valence-electron chi connectivity index (χ2n) is 11.4. The van der Waals surface area contributed by atoms with Gasteiger partial charge in [0.1, 0.15) is 0 Å². The van der Waals surface area contributed by atoms with Crippen molar-refractivity contribution < 1.29 is 0 Å². The van der Waals surface area contributed by atoms with E-state index in [-0.39, 0.29) is 0 Å². The van der Waals surface area contributed by atoms with E-state index in [1.54, 1.807) is 0 Å². The Labute approximate surface area is 253 Å². The minimum absolute atomic E-state index is 1.31. The molecule has 0 unspecified atom stereocenters. The van der Waals surface area contributed by atoms with Crippen molar-refractivity contribution in [2.45, 2.75) is 23.6 Å². The lowest BCUT2D eigenvalue weighted by atomic mass is 9.89. The van der Waals surface area contributed by atoms with Gasteiger partial charge in [-0.1, -0.05) is 109 Å². The van der Waals surface area contributed by atoms with Crippen molar-refractivity contribution in [1.29, 1.82) is 0 Å². The van der Waals surface area contributed by atoms with Gasteiger partial charge in [-0.05, 0) is 98.8 Å². The summed E-state index contributed by atoms with van der Waals surface area (Å²) in [5, 5.41) is 8.12. The molecule has 1 aromatic heterocycles. The standard InChI is InChI=1S/C40H26S2/c1-23-10-3-5-12-25(23)28-18-19-31-33-21-37-34(22-36(33)41-35-17-9-16-30(28)39(31)35)40-29-15-8-7-14-27(29)32(20-38(40)42-37)26-13-6-4-11-24(26)2/h3-22H,1-2H3. The molecule has 198 valence electrons. The molecule has 0 atom stereocenters. The molecule has 1 aliphatic rings. The molecule has 2 heteroatoms. The topological polar surface area (TPSA) is 0 Å². The summed E-state index contributed by atoms with van der Waals surface area (Å²) in [6, 6.07) is 45.3. The van der Waals surface area contributed by atoms with Gasteiger partial charge in [-0.25, -0.2) is 0 Å². The normalized spacial score (nSPS) is 12.4. The summed E-state index contributed by atoms with van der Waals surface area (Å²) in [5.41, 5.74) is 10.6. The second kappa shape index (κ2) is 9.06. The van der Waals surface area contributed by atoms with Crippen LogP contribution in [0.5, 0.6) is 0 Å². The van der Waals surface area contributed by atoms with Crippen LogP contribution in [0.25, 0.3) is 75.1 Å². The summed E-state index contributed by atoms with van der Waals surface area (Å²) in [5.74, 6) is 0. The Morgan fingerprint density at radius 2 is 1.02 bits per heavy atom. The van der Waals surface area contributed by atoms with E-state index < -0.39 is 0 Å². The van der Waals surface area contributed by atoms with Gasteiger partial charge < -0.3 is 0 Å². The van der Waals surface area contributed by atoms with Crippen LogP contribution in [-0.2, 0) is 0 Å². The maximum Gasteiger partial charge on any atom is 0.0368 e. The zero-order valence-electron chi connectivity index (χ0n) is 23.4. The molecule has 0 aliphatic carbocycles. The van der Waals surface area contributed by atoms with Gasteiger partial charge in [0.05, 0.1) is 0 Å². The molecule has 8 aromatic rings. The first-order valence-corrected chi connectivity index (χ1v) is 16.1. The highest BCUT2D eigenvalue weighted by Gasteiger charge is 2.23. The molecule has 0 saturated carbocycles. The first kappa shape index (κ1) is 24.2. The van der Waals surface area contributed by atoms with Gasteiger partial charge in [0.2, 0.25) is 0 Å². The minimum Gasteiger partial charge on any atom is -0.135 e. The van der Waals surface area contributed by atoms with Gasteiger partial charge in [-0.3, -0.25) is 0 Å². The number of rotatable bonds is 2. The molecule has 0 N–H and O–H groups in total. The number of hydrogen-bond acceptors (Lipinski definition) is 2. The quantitative estimate of drug-likeness (QED) is 0.199. The fraction of sp³-hybridized carbons (Fsp3) is 0.0500. The first-order valence-electron chi connectivity index (χ1n) is 14.4. The third-order valence-corrected chi connectivity index (χ3v) is 11.2. The smallest absolute Gasteiger partial charge is 0.0368 e. The average Bonchev–Trinajstić information content (AvgIpc) is 3.38. The van der Waals surface area contributed by atoms with Crippen molar-refractivity contribution in [3.63, 3.8) is 0 Å². The zero-order chi connectivity index (χ0) is 27.9. The summed E-state index contributed by atoms with van der Waals surface area (Å²) in [6.45, 7) is 4.43. The van der Waals surface area contributed by atoms with E-state index in [0.29, 0.717) is 0 Å². The maximum atomic E-state index is 2.46. The Morgan fingerprint density at radius 3 is 1.81 bits per heavy atom. The van der Waals surface area contributed by atoms with E-state index in [1.165, 1.54) is 96.0 Å². The fourth-order valence-electron chi connectivity index (χ4n) is 6.97. The Morgan fingerprint density at radius 1 is 0.381 bits per heavy atom. The Bertz CT molecular complexity index is 2410. The summed E-state index contributed by atoms with van der Waals surface area (Å²) in [7, 11) is 0. The number of fused-ring (bicyclic) bond motifs is 7. The third-order valence-electron chi connectivity index (χ3n) is 8.96. The minimum atomic E-state index is 1.31. The lowest BCUT2D eigenvalue weighted by molar-refractivity contribution is 1.42. The molecule has 1 aliphatic heterocycles. The van der Waals surface area contributed by atoms with Gasteiger partial charge in [0, 0.05) is 35.3 Å². The number of aryl methyl sites for hydroxylation is 2. The van der Waals surface area contributed by atoms with Crippen LogP contribution in [0.15, 0.2) is 131 Å². The SMILES string of the molecule is Cc1ccccc1-c1ccc2c3c(cccc13)Sc1cc3c(cc1-2)sc1cc(-c2ccccc2C)c2ccccc2c13. The predicted octanol–water partition coefficient (Wildman–Crippen LogP) is 12.4. The lowest BCUT2D eigenvalue weighted by Gasteiger charge is -2.22. The van der Waals surface area contributed by atoms with E-state index in [0.717, 1.165) is 0 Å². The van der Waals surface area contributed by atoms with Crippen LogP contribution >= 0.6 is 23.1 Å². The van der Waals surface area contributed by atoms with E-state index >= 15 is 0 Å². The van der Waals surface area contributed by atoms with Crippen LogP contribution < -0.4 is 0 Å². The average molecular weight is 571 g/mol. The summed E-state index contributed by atoms with van der Waals surface area (Å²) >= 11 is 3.85. The summed E-state index contributed by atoms with van der Waals surface area (Å²) < 4.78 is 2.71. The molecule has 0 bridgehead atoms. The van der Waals surface area contributed by atoms with Crippen molar-refractivity contribution in [2.75, 3.05) is 0 Å². The van der Waals surface area contributed by atoms with Gasteiger partial charge in [-0.2, -0.15) is 0 Å². The van der Waals surface area contributed by atoms with Crippen molar-refractivity contribution in [2.24, 2.45) is 0 Å². The summed E-state index contributed by atoms with van der Waals surface area (Å²) in [6.07, 6.45) is 0. The second-order valence-corrected chi connectivity index (χ2v) is 13.5. The molecule has 0 amide bonds. The van der Waals surface area contributed by atoms with E-state index in [1.807, 2.05) is 23.1 Å². The van der Waals surface area contributed by atoms with Crippen molar-refractivity contribution in [1.82, 2.24) is 0 Å². The molecule has 0 spiro atoms. The molecule has 7 aromatic carbocycles. The van der Waals surface area contributed by atoms with Crippen molar-refractivity contribution in [3.8, 4) is 33.4 Å². The van der Waals surface area contributed by atoms with E-state index in [9.17, 15) is 0 Å². The number of thiophene rings is 1. The van der Waals surface area contributed by atoms with E-state index in [2.05, 4.69) is 135 Å². The van der Waals surface area contributed by atoms with Crippen LogP contribution in [0.3, 0.4) is 0 Å². The highest BCUT2D eigenvalue weighted by molar-refractivity contribution is 7.99. The largest absolute Gasteiger partial charge is 0.135 e. The molecular formula is C40H26S2. The monoisotopic (exact) mass is 570 g/mol. The molecule has 0 fully saturated rings. The molecule has 0 radical (unpaired) electrons. The number of hydrogen-bond donors (Lipinski definition) is 0. The van der Waals surface area contributed by atoms with Crippen LogP contribution in [-0.4, -0.2) is 0 Å². The van der Waals surface area contributed by atoms with Gasteiger partial charge in [-0.15, -0.1) is 11.3 Å². The Kier molecular flexibility index (Phi) is 5.23. The number of benzene rings is 7. The zero-order valence-corrected chi connectivity index (χ0v) is 25.0. The van der Waals surface area contributed by atoms with Gasteiger partial charge >= 0.3 is 0 Å². The molecule has 2 heterocycles. The highest BCUT2D eigenvalue weighted by Crippen LogP contribution is 2.53.